The van der Waals surface area contributed by atoms with E-state index in [0.29, 0.717) is 43.2 Å². The average molecular weight is 353 g/mol. The van der Waals surface area contributed by atoms with Crippen LogP contribution in [0.4, 0.5) is 0 Å². The van der Waals surface area contributed by atoms with Crippen molar-refractivity contribution in [3.05, 3.63) is 28.8 Å². The summed E-state index contributed by atoms with van der Waals surface area (Å²) in [6.07, 6.45) is 4.25. The fourth-order valence-electron chi connectivity index (χ4n) is 2.85. The van der Waals surface area contributed by atoms with Gasteiger partial charge in [-0.15, -0.1) is 5.10 Å². The maximum Gasteiger partial charge on any atom is 0.358 e. The highest BCUT2D eigenvalue weighted by Crippen LogP contribution is 2.25. The van der Waals surface area contributed by atoms with Crippen molar-refractivity contribution >= 4 is 23.5 Å². The molecule has 0 radical (unpaired) electrons. The first-order chi connectivity index (χ1) is 11.5. The number of aromatic nitrogens is 5. The molecule has 0 atom stereocenters. The number of aromatic carboxylic acids is 1. The zero-order valence-electron chi connectivity index (χ0n) is 13.1. The first-order valence-corrected chi connectivity index (χ1v) is 8.04. The average Bonchev–Trinajstić information content (AvgIpc) is 3.21. The molecule has 2 aromatic heterocycles. The lowest BCUT2D eigenvalue weighted by atomic mass is 10.0. The van der Waals surface area contributed by atoms with Gasteiger partial charge in [0.15, 0.2) is 5.69 Å². The number of piperidine rings is 1. The standard InChI is InChI=1S/C14H17ClN6O3/c1-2-20-12(10(15)7-16-20)13(22)19-5-3-9(4-6-19)21-8-11(14(23)24)17-18-21/h7-9H,2-6H2,1H3,(H,23,24). The molecule has 0 aromatic carbocycles. The lowest BCUT2D eigenvalue weighted by Crippen LogP contribution is -2.40. The quantitative estimate of drug-likeness (QED) is 0.889. The van der Waals surface area contributed by atoms with Crippen molar-refractivity contribution in [3.63, 3.8) is 0 Å². The van der Waals surface area contributed by atoms with Gasteiger partial charge in [-0.25, -0.2) is 9.48 Å². The number of carbonyl (C=O) groups excluding carboxylic acids is 1. The summed E-state index contributed by atoms with van der Waals surface area (Å²) in [7, 11) is 0. The van der Waals surface area contributed by atoms with Crippen LogP contribution in [0.5, 0.6) is 0 Å². The Labute approximate surface area is 142 Å². The van der Waals surface area contributed by atoms with Crippen molar-refractivity contribution in [2.24, 2.45) is 0 Å². The number of likely N-dealkylation sites (tertiary alicyclic amines) is 1. The van der Waals surface area contributed by atoms with Gasteiger partial charge in [0.25, 0.3) is 5.91 Å². The van der Waals surface area contributed by atoms with Crippen LogP contribution < -0.4 is 0 Å². The van der Waals surface area contributed by atoms with Crippen LogP contribution in [0, 0.1) is 0 Å². The molecular weight excluding hydrogens is 336 g/mol. The number of nitrogens with zero attached hydrogens (tertiary/aromatic N) is 6. The molecule has 10 heteroatoms. The fourth-order valence-corrected chi connectivity index (χ4v) is 3.07. The lowest BCUT2D eigenvalue weighted by Gasteiger charge is -2.31. The molecule has 0 unspecified atom stereocenters. The highest BCUT2D eigenvalue weighted by atomic mass is 35.5. The number of aryl methyl sites for hydroxylation is 1. The van der Waals surface area contributed by atoms with Crippen molar-refractivity contribution in [1.82, 2.24) is 29.7 Å². The van der Waals surface area contributed by atoms with Gasteiger partial charge in [-0.1, -0.05) is 16.8 Å². The highest BCUT2D eigenvalue weighted by Gasteiger charge is 2.28. The molecule has 3 heterocycles. The lowest BCUT2D eigenvalue weighted by molar-refractivity contribution is 0.0674. The fraction of sp³-hybridized carbons (Fsp3) is 0.500. The zero-order valence-corrected chi connectivity index (χ0v) is 13.8. The smallest absolute Gasteiger partial charge is 0.358 e. The van der Waals surface area contributed by atoms with Crippen molar-refractivity contribution in [1.29, 1.82) is 0 Å². The van der Waals surface area contributed by atoms with E-state index in [9.17, 15) is 9.59 Å². The second kappa shape index (κ2) is 6.60. The number of carboxylic acid groups (broad SMARTS) is 1. The number of hydrogen-bond donors (Lipinski definition) is 1. The first-order valence-electron chi connectivity index (χ1n) is 7.67. The van der Waals surface area contributed by atoms with Crippen molar-refractivity contribution in [3.8, 4) is 0 Å². The van der Waals surface area contributed by atoms with E-state index in [1.807, 2.05) is 6.92 Å². The Morgan fingerprint density at radius 2 is 2.08 bits per heavy atom. The summed E-state index contributed by atoms with van der Waals surface area (Å²) in [5.41, 5.74) is 0.332. The van der Waals surface area contributed by atoms with Gasteiger partial charge in [0.05, 0.1) is 23.5 Å². The molecule has 1 fully saturated rings. The number of rotatable bonds is 4. The predicted octanol–water partition coefficient (Wildman–Crippen LogP) is 1.32. The molecule has 1 N–H and O–H groups in total. The van der Waals surface area contributed by atoms with E-state index in [-0.39, 0.29) is 17.6 Å². The Hall–Kier alpha value is -2.42. The molecule has 0 spiro atoms. The minimum absolute atomic E-state index is 0.0289. The van der Waals surface area contributed by atoms with Gasteiger partial charge in [-0.3, -0.25) is 9.48 Å². The highest BCUT2D eigenvalue weighted by molar-refractivity contribution is 6.33. The van der Waals surface area contributed by atoms with Crippen molar-refractivity contribution < 1.29 is 14.7 Å². The largest absolute Gasteiger partial charge is 0.476 e. The normalized spacial score (nSPS) is 15.7. The predicted molar refractivity (Wildman–Crippen MR) is 84.1 cm³/mol. The molecule has 1 aliphatic rings. The molecular formula is C14H17ClN6O3. The molecule has 24 heavy (non-hydrogen) atoms. The van der Waals surface area contributed by atoms with Gasteiger partial charge >= 0.3 is 5.97 Å². The Morgan fingerprint density at radius 1 is 1.38 bits per heavy atom. The SMILES string of the molecule is CCn1ncc(Cl)c1C(=O)N1CCC(n2cc(C(=O)O)nn2)CC1. The number of halogens is 1. The van der Waals surface area contributed by atoms with Gasteiger partial charge in [-0.2, -0.15) is 5.10 Å². The van der Waals surface area contributed by atoms with Crippen LogP contribution in [0.15, 0.2) is 12.4 Å². The van der Waals surface area contributed by atoms with Crippen LogP contribution in [0.2, 0.25) is 5.02 Å². The molecule has 1 saturated heterocycles. The van der Waals surface area contributed by atoms with Crippen LogP contribution in [0.1, 0.15) is 46.8 Å². The second-order valence-corrected chi connectivity index (χ2v) is 5.98. The molecule has 0 aliphatic carbocycles. The van der Waals surface area contributed by atoms with Gasteiger partial charge < -0.3 is 10.0 Å². The van der Waals surface area contributed by atoms with Gasteiger partial charge in [0, 0.05) is 19.6 Å². The van der Waals surface area contributed by atoms with E-state index in [4.69, 9.17) is 16.7 Å². The molecule has 128 valence electrons. The molecule has 1 amide bonds. The number of amides is 1. The second-order valence-electron chi connectivity index (χ2n) is 5.57. The van der Waals surface area contributed by atoms with Crippen LogP contribution in [-0.4, -0.2) is 59.7 Å². The minimum Gasteiger partial charge on any atom is -0.476 e. The summed E-state index contributed by atoms with van der Waals surface area (Å²) in [6, 6.07) is 0.0289. The Kier molecular flexibility index (Phi) is 4.52. The van der Waals surface area contributed by atoms with E-state index in [0.717, 1.165) is 0 Å². The van der Waals surface area contributed by atoms with Crippen molar-refractivity contribution in [2.45, 2.75) is 32.4 Å². The summed E-state index contributed by atoms with van der Waals surface area (Å²) >= 11 is 6.09. The van der Waals surface area contributed by atoms with Crippen LogP contribution >= 0.6 is 11.6 Å². The molecule has 9 nitrogen and oxygen atoms in total. The summed E-state index contributed by atoms with van der Waals surface area (Å²) < 4.78 is 3.15. The number of carboxylic acids is 1. The Morgan fingerprint density at radius 3 is 2.67 bits per heavy atom. The molecule has 0 saturated carbocycles. The van der Waals surface area contributed by atoms with Gasteiger partial charge in [0.1, 0.15) is 5.69 Å². The maximum absolute atomic E-state index is 12.7. The maximum atomic E-state index is 12.7. The summed E-state index contributed by atoms with van der Waals surface area (Å²) in [5.74, 6) is -1.24. The third-order valence-electron chi connectivity index (χ3n) is 4.15. The monoisotopic (exact) mass is 352 g/mol. The number of carbonyl (C=O) groups is 2. The summed E-state index contributed by atoms with van der Waals surface area (Å²) in [5, 5.41) is 20.8. The third kappa shape index (κ3) is 2.99. The Bertz CT molecular complexity index is 762. The van der Waals surface area contributed by atoms with E-state index in [1.165, 1.54) is 12.4 Å². The van der Waals surface area contributed by atoms with Gasteiger partial charge in [0.2, 0.25) is 0 Å². The molecule has 2 aromatic rings. The van der Waals surface area contributed by atoms with Crippen LogP contribution in [-0.2, 0) is 6.54 Å². The van der Waals surface area contributed by atoms with E-state index in [1.54, 1.807) is 14.3 Å². The van der Waals surface area contributed by atoms with E-state index in [2.05, 4.69) is 15.4 Å². The van der Waals surface area contributed by atoms with Crippen molar-refractivity contribution in [2.75, 3.05) is 13.1 Å². The summed E-state index contributed by atoms with van der Waals surface area (Å²) in [6.45, 7) is 3.55. The van der Waals surface area contributed by atoms with E-state index < -0.39 is 5.97 Å². The topological polar surface area (TPSA) is 106 Å². The zero-order chi connectivity index (χ0) is 17.3. The van der Waals surface area contributed by atoms with Crippen LogP contribution in [0.3, 0.4) is 0 Å². The molecule has 0 bridgehead atoms. The molecule has 1 aliphatic heterocycles. The molecule has 3 rings (SSSR count). The van der Waals surface area contributed by atoms with Crippen LogP contribution in [0.25, 0.3) is 0 Å². The third-order valence-corrected chi connectivity index (χ3v) is 4.43. The van der Waals surface area contributed by atoms with E-state index >= 15 is 0 Å². The summed E-state index contributed by atoms with van der Waals surface area (Å²) in [4.78, 5) is 25.3. The number of hydrogen-bond acceptors (Lipinski definition) is 5. The minimum atomic E-state index is -1.10. The Balaban J connectivity index is 1.67. The first kappa shape index (κ1) is 16.4. The van der Waals surface area contributed by atoms with Gasteiger partial charge in [-0.05, 0) is 19.8 Å².